The third kappa shape index (κ3) is 4.40. The smallest absolute Gasteiger partial charge is 0.241 e. The summed E-state index contributed by atoms with van der Waals surface area (Å²) in [5.41, 5.74) is 0.902. The molecule has 7 nitrogen and oxygen atoms in total. The molecule has 1 saturated heterocycles. The summed E-state index contributed by atoms with van der Waals surface area (Å²) in [6.07, 6.45) is 1.74. The summed E-state index contributed by atoms with van der Waals surface area (Å²) in [6.45, 7) is 4.95. The number of hydrogen-bond acceptors (Lipinski definition) is 6. The Morgan fingerprint density at radius 3 is 2.58 bits per heavy atom. The largest absolute Gasteiger partial charge is 0.494 e. The molecule has 2 aromatic rings. The van der Waals surface area contributed by atoms with E-state index in [4.69, 9.17) is 9.26 Å². The van der Waals surface area contributed by atoms with E-state index in [9.17, 15) is 4.79 Å². The molecule has 7 heteroatoms. The summed E-state index contributed by atoms with van der Waals surface area (Å²) >= 11 is 0. The van der Waals surface area contributed by atoms with Crippen molar-refractivity contribution in [2.45, 2.75) is 26.3 Å². The molecule has 140 valence electrons. The second-order valence-corrected chi connectivity index (χ2v) is 6.75. The molecule has 1 amide bonds. The van der Waals surface area contributed by atoms with Crippen LogP contribution >= 0.6 is 0 Å². The summed E-state index contributed by atoms with van der Waals surface area (Å²) in [6, 6.07) is 7.67. The molecule has 0 bridgehead atoms. The zero-order valence-electron chi connectivity index (χ0n) is 15.6. The van der Waals surface area contributed by atoms with Crippen molar-refractivity contribution in [1.82, 2.24) is 19.9 Å². The van der Waals surface area contributed by atoms with Crippen molar-refractivity contribution in [2.75, 3.05) is 33.8 Å². The topological polar surface area (TPSA) is 71.7 Å². The Morgan fingerprint density at radius 1 is 1.27 bits per heavy atom. The van der Waals surface area contributed by atoms with E-state index >= 15 is 0 Å². The molecule has 1 aromatic carbocycles. The molecule has 0 unspecified atom stereocenters. The lowest BCUT2D eigenvalue weighted by molar-refractivity contribution is -0.134. The zero-order valence-corrected chi connectivity index (χ0v) is 15.6. The highest BCUT2D eigenvalue weighted by Gasteiger charge is 2.26. The fraction of sp³-hybridized carbons (Fsp3) is 0.526. The lowest BCUT2D eigenvalue weighted by Crippen LogP contribution is -2.39. The van der Waals surface area contributed by atoms with E-state index in [1.54, 1.807) is 4.90 Å². The number of piperidine rings is 1. The molecule has 0 saturated carbocycles. The Bertz CT molecular complexity index is 719. The average molecular weight is 358 g/mol. The van der Waals surface area contributed by atoms with E-state index < -0.39 is 0 Å². The number of ether oxygens (including phenoxy) is 1. The molecule has 26 heavy (non-hydrogen) atoms. The second kappa shape index (κ2) is 8.31. The minimum Gasteiger partial charge on any atom is -0.494 e. The number of likely N-dealkylation sites (tertiary alicyclic amines) is 1. The lowest BCUT2D eigenvalue weighted by Gasteiger charge is -2.31. The Morgan fingerprint density at radius 2 is 1.96 bits per heavy atom. The molecule has 0 aliphatic carbocycles. The van der Waals surface area contributed by atoms with E-state index in [1.165, 1.54) is 0 Å². The van der Waals surface area contributed by atoms with Gasteiger partial charge in [-0.05, 0) is 57.1 Å². The first-order valence-electron chi connectivity index (χ1n) is 9.06. The van der Waals surface area contributed by atoms with E-state index in [1.807, 2.05) is 45.3 Å². The number of amides is 1. The van der Waals surface area contributed by atoms with Crippen molar-refractivity contribution < 1.29 is 14.1 Å². The van der Waals surface area contributed by atoms with Crippen LogP contribution in [-0.2, 0) is 11.3 Å². The number of rotatable bonds is 6. The number of carbonyl (C=O) groups is 1. The van der Waals surface area contributed by atoms with Gasteiger partial charge in [-0.25, -0.2) is 0 Å². The first-order valence-corrected chi connectivity index (χ1v) is 9.06. The van der Waals surface area contributed by atoms with Crippen LogP contribution in [0.15, 0.2) is 28.8 Å². The molecule has 3 rings (SSSR count). The fourth-order valence-corrected chi connectivity index (χ4v) is 3.20. The first-order chi connectivity index (χ1) is 12.6. The van der Waals surface area contributed by atoms with Crippen molar-refractivity contribution in [1.29, 1.82) is 0 Å². The SMILES string of the molecule is CCOc1ccc(-c2noc(CN3CCC(C(=O)N(C)C)CC3)n2)cc1. The normalized spacial score (nSPS) is 15.8. The molecule has 1 aliphatic heterocycles. The van der Waals surface area contributed by atoms with Crippen LogP contribution in [-0.4, -0.2) is 59.6 Å². The van der Waals surface area contributed by atoms with Gasteiger partial charge in [-0.2, -0.15) is 4.98 Å². The van der Waals surface area contributed by atoms with E-state index in [0.29, 0.717) is 24.9 Å². The van der Waals surface area contributed by atoms with Gasteiger partial charge in [-0.15, -0.1) is 0 Å². The molecule has 0 atom stereocenters. The van der Waals surface area contributed by atoms with Gasteiger partial charge in [-0.1, -0.05) is 5.16 Å². The van der Waals surface area contributed by atoms with Gasteiger partial charge in [0.2, 0.25) is 17.6 Å². The van der Waals surface area contributed by atoms with Crippen LogP contribution in [0.25, 0.3) is 11.4 Å². The number of benzene rings is 1. The summed E-state index contributed by atoms with van der Waals surface area (Å²) in [4.78, 5) is 20.5. The third-order valence-electron chi connectivity index (χ3n) is 4.63. The molecule has 1 fully saturated rings. The van der Waals surface area contributed by atoms with Crippen LogP contribution < -0.4 is 4.74 Å². The molecule has 0 spiro atoms. The van der Waals surface area contributed by atoms with Crippen LogP contribution in [0.2, 0.25) is 0 Å². The van der Waals surface area contributed by atoms with Crippen molar-refractivity contribution in [3.8, 4) is 17.1 Å². The van der Waals surface area contributed by atoms with E-state index in [2.05, 4.69) is 15.0 Å². The molecular formula is C19H26N4O3. The molecule has 1 aromatic heterocycles. The first kappa shape index (κ1) is 18.4. The van der Waals surface area contributed by atoms with E-state index in [-0.39, 0.29) is 11.8 Å². The fourth-order valence-electron chi connectivity index (χ4n) is 3.20. The van der Waals surface area contributed by atoms with Gasteiger partial charge in [0, 0.05) is 25.6 Å². The maximum atomic E-state index is 12.0. The van der Waals surface area contributed by atoms with Crippen LogP contribution in [0.3, 0.4) is 0 Å². The Hall–Kier alpha value is -2.41. The lowest BCUT2D eigenvalue weighted by atomic mass is 9.95. The van der Waals surface area contributed by atoms with Crippen LogP contribution in [0.4, 0.5) is 0 Å². The quantitative estimate of drug-likeness (QED) is 0.790. The molecular weight excluding hydrogens is 332 g/mol. The summed E-state index contributed by atoms with van der Waals surface area (Å²) in [5.74, 6) is 2.37. The van der Waals surface area contributed by atoms with E-state index in [0.717, 1.165) is 37.2 Å². The minimum atomic E-state index is 0.128. The number of carbonyl (C=O) groups excluding carboxylic acids is 1. The Kier molecular flexibility index (Phi) is 5.88. The number of hydrogen-bond donors (Lipinski definition) is 0. The Balaban J connectivity index is 1.55. The molecule has 1 aliphatic rings. The van der Waals surface area contributed by atoms with Crippen LogP contribution in [0, 0.1) is 5.92 Å². The monoisotopic (exact) mass is 358 g/mol. The average Bonchev–Trinajstić information content (AvgIpc) is 3.11. The summed E-state index contributed by atoms with van der Waals surface area (Å²) in [5, 5.41) is 4.08. The summed E-state index contributed by atoms with van der Waals surface area (Å²) < 4.78 is 10.8. The van der Waals surface area contributed by atoms with Crippen molar-refractivity contribution >= 4 is 5.91 Å². The van der Waals surface area contributed by atoms with Crippen molar-refractivity contribution in [3.05, 3.63) is 30.2 Å². The van der Waals surface area contributed by atoms with Crippen molar-refractivity contribution in [3.63, 3.8) is 0 Å². The van der Waals surface area contributed by atoms with Gasteiger partial charge >= 0.3 is 0 Å². The molecule has 0 N–H and O–H groups in total. The Labute approximate surface area is 153 Å². The van der Waals surface area contributed by atoms with Gasteiger partial charge < -0.3 is 14.2 Å². The van der Waals surface area contributed by atoms with Gasteiger partial charge in [0.15, 0.2) is 0 Å². The highest BCUT2D eigenvalue weighted by Crippen LogP contribution is 2.22. The maximum Gasteiger partial charge on any atom is 0.241 e. The van der Waals surface area contributed by atoms with Gasteiger partial charge in [0.1, 0.15) is 5.75 Å². The highest BCUT2D eigenvalue weighted by molar-refractivity contribution is 5.78. The molecule has 0 radical (unpaired) electrons. The third-order valence-corrected chi connectivity index (χ3v) is 4.63. The van der Waals surface area contributed by atoms with Gasteiger partial charge in [-0.3, -0.25) is 9.69 Å². The predicted molar refractivity (Wildman–Crippen MR) is 97.6 cm³/mol. The van der Waals surface area contributed by atoms with Gasteiger partial charge in [0.25, 0.3) is 0 Å². The van der Waals surface area contributed by atoms with Gasteiger partial charge in [0.05, 0.1) is 13.2 Å². The standard InChI is InChI=1S/C19H26N4O3/c1-4-25-16-7-5-14(6-8-16)18-20-17(26-21-18)13-23-11-9-15(10-12-23)19(24)22(2)3/h5-8,15H,4,9-13H2,1-3H3. The molecule has 2 heterocycles. The number of nitrogens with zero attached hydrogens (tertiary/aromatic N) is 4. The van der Waals surface area contributed by atoms with Crippen molar-refractivity contribution in [2.24, 2.45) is 5.92 Å². The van der Waals surface area contributed by atoms with Crippen LogP contribution in [0.1, 0.15) is 25.7 Å². The zero-order chi connectivity index (χ0) is 18.5. The summed E-state index contributed by atoms with van der Waals surface area (Å²) in [7, 11) is 3.63. The second-order valence-electron chi connectivity index (χ2n) is 6.75. The van der Waals surface area contributed by atoms with Crippen LogP contribution in [0.5, 0.6) is 5.75 Å². The highest BCUT2D eigenvalue weighted by atomic mass is 16.5. The number of aromatic nitrogens is 2. The minimum absolute atomic E-state index is 0.128. The maximum absolute atomic E-state index is 12.0. The predicted octanol–water partition coefficient (Wildman–Crippen LogP) is 2.44.